The molecule has 0 radical (unpaired) electrons. The number of hydroxylamine groups is 3. The Labute approximate surface area is 867 Å². The molecule has 8 aromatic heterocycles. The van der Waals surface area contributed by atoms with E-state index >= 15 is 0 Å². The van der Waals surface area contributed by atoms with Crippen molar-refractivity contribution in [1.82, 2.24) is 77.7 Å². The largest absolute Gasteiger partial charge is 0.466 e. The zero-order valence-corrected chi connectivity index (χ0v) is 86.9. The van der Waals surface area contributed by atoms with Crippen molar-refractivity contribution in [3.05, 3.63) is 156 Å². The number of carbonyl (C=O) groups is 1. The summed E-state index contributed by atoms with van der Waals surface area (Å²) in [6.07, 6.45) is 34.0. The SMILES string of the molecule is CCOC(=O)C1CCN(Cc2ccc3c(c2)c(=O)n(C2CCC(O)CC2)c2nc(NCC4CC4)ncc32)CC1.O=c1c2cc(CN3CCS(=O)(=O)CC3)ccc2c2cnc(NCC3CC3)nc2n1C1CCC(O)CC1.O=c1c2cc(CN3CC[N+]4(O)CCC3CC4)ccc2c2cnc(NCC3CC3)nc2n1C1CCC(O)CC1.O=c1c2cc(N3CCN4CCC3CC4)ccc2c2cnc(NCC3CC3)nc2n1C1CCC(O)CC1. The van der Waals surface area contributed by atoms with Crippen LogP contribution in [0.5, 0.6) is 0 Å². The first-order valence-electron chi connectivity index (χ1n) is 56.1. The number of pyridine rings is 4. The molecule has 0 amide bonds. The molecule has 149 heavy (non-hydrogen) atoms. The number of aromatic nitrogens is 12. The van der Waals surface area contributed by atoms with E-state index in [0.29, 0.717) is 152 Å². The van der Waals surface area contributed by atoms with Gasteiger partial charge in [0.15, 0.2) is 9.84 Å². The maximum atomic E-state index is 14.2. The molecular formula is C113H147N22O13S+. The number of fused-ring (bicyclic) bond motifs is 20. The third-order valence-corrected chi connectivity index (χ3v) is 36.8. The molecule has 8 saturated heterocycles. The van der Waals surface area contributed by atoms with Gasteiger partial charge in [0.05, 0.1) is 60.4 Å². The minimum atomic E-state index is -2.94. The second-order valence-corrected chi connectivity index (χ2v) is 48.2. The number of ether oxygens (including phenoxy) is 1. The van der Waals surface area contributed by atoms with Gasteiger partial charge < -0.3 is 56.2 Å². The average Bonchev–Trinajstić information content (AvgIpc) is 1.55. The fourth-order valence-electron chi connectivity index (χ4n) is 25.3. The number of piperidine rings is 3. The highest BCUT2D eigenvalue weighted by Crippen LogP contribution is 2.43. The van der Waals surface area contributed by atoms with Crippen molar-refractivity contribution in [2.24, 2.45) is 29.6 Å². The van der Waals surface area contributed by atoms with Crippen LogP contribution in [0.2, 0.25) is 0 Å². The van der Waals surface area contributed by atoms with E-state index in [1.807, 2.05) is 80.3 Å². The molecular weight excluding hydrogens is 1910 g/mol. The molecule has 8 saturated carbocycles. The lowest BCUT2D eigenvalue weighted by atomic mass is 9.92. The summed E-state index contributed by atoms with van der Waals surface area (Å²) in [6, 6.07) is 25.9. The number of nitrogens with zero attached hydrogens (tertiary/aromatic N) is 18. The Kier molecular flexibility index (Phi) is 29.7. The molecule has 792 valence electrons. The summed E-state index contributed by atoms with van der Waals surface area (Å²) in [5.41, 5.74) is 7.07. The molecule has 9 N–H and O–H groups in total. The number of rotatable bonds is 25. The molecule has 16 aliphatic rings. The predicted octanol–water partition coefficient (Wildman–Crippen LogP) is 13.4. The van der Waals surface area contributed by atoms with E-state index in [0.717, 1.165) is 263 Å². The first-order valence-corrected chi connectivity index (χ1v) is 58.0. The number of likely N-dealkylation sites (tertiary alicyclic amines) is 1. The zero-order valence-electron chi connectivity index (χ0n) is 86.1. The van der Waals surface area contributed by atoms with Crippen molar-refractivity contribution in [2.75, 3.05) is 149 Å². The topological polar surface area (TPSA) is 417 Å². The van der Waals surface area contributed by atoms with E-state index in [-0.39, 0.29) is 98.9 Å². The number of sulfone groups is 1. The number of hydrogen-bond acceptors (Lipinski definition) is 30. The van der Waals surface area contributed by atoms with Gasteiger partial charge in [-0.1, -0.05) is 42.5 Å². The van der Waals surface area contributed by atoms with E-state index in [4.69, 9.17) is 24.7 Å². The molecule has 16 heterocycles. The van der Waals surface area contributed by atoms with Gasteiger partial charge in [0, 0.05) is 202 Å². The van der Waals surface area contributed by atoms with Gasteiger partial charge >= 0.3 is 5.97 Å². The molecule has 8 aliphatic carbocycles. The second-order valence-electron chi connectivity index (χ2n) is 45.9. The van der Waals surface area contributed by atoms with Crippen LogP contribution >= 0.6 is 0 Å². The lowest BCUT2D eigenvalue weighted by Crippen LogP contribution is -2.49. The Morgan fingerprint density at radius 1 is 0.356 bits per heavy atom. The van der Waals surface area contributed by atoms with Gasteiger partial charge in [-0.05, 0) is 292 Å². The Balaban J connectivity index is 0.000000109. The standard InChI is InChI=1S/C30H39N5O4.C29H38N6O3.C28H36N6O2.C26H33N5O4S/c1-2-39-29(38)21-11-13-34(14-12-21)18-20-5-10-24-25(15-20)28(37)35(22-6-8-23(36)9-7-22)27-26(24)17-32-30(33-27)31-16-19-3-4-19;36-23-6-4-22(5-7-23)34-27-26(17-31-29(32-27)30-16-19-1-2-19)24-8-3-20(15-25(24)28(34)37)18-33-11-14-35(38)12-9-21(33)10-13-35;35-22-6-3-20(4-7-22)34-26-25(17-30-28(31-26)29-16-18-1-2-18)23-8-5-21(15-24(23)27(34)36)33-14-13-32-11-9-19(33)10-12-32;32-20-6-4-19(5-7-20)31-24-23(15-28-26(29-24)27-14-17-1-2-17)21-8-3-18(13-22(21)25(31)33)16-30-9-11-36(34,35)12-10-30/h5,10,15,17,19,21-23,36H,2-4,6-9,11-14,16,18H2,1H3,(H,31,32,33);3,8,15,17,19,21-23,36,38H,1-2,4-7,9-14,16,18H2;5,8,15,17-20,22,35H,1-4,6-7,9-14,16H2,(H,29,30,31);3,8,13,15,17,19-20,32H,1-2,4-7,9-12,14,16H2,(H,27,28,29)/p+1. The van der Waals surface area contributed by atoms with Crippen LogP contribution in [-0.2, 0) is 39.0 Å². The number of aliphatic hydroxyl groups is 4. The number of esters is 1. The number of nitrogens with one attached hydrogen (secondary N) is 4. The van der Waals surface area contributed by atoms with Crippen LogP contribution in [0.1, 0.15) is 240 Å². The molecule has 36 heteroatoms. The maximum Gasteiger partial charge on any atom is 0.309 e. The van der Waals surface area contributed by atoms with Gasteiger partial charge in [0.2, 0.25) is 23.8 Å². The first-order chi connectivity index (χ1) is 72.4. The van der Waals surface area contributed by atoms with Crippen molar-refractivity contribution < 1.29 is 48.2 Å². The van der Waals surface area contributed by atoms with Crippen LogP contribution in [0.25, 0.3) is 87.2 Å². The van der Waals surface area contributed by atoms with Crippen molar-refractivity contribution in [3.63, 3.8) is 0 Å². The predicted molar refractivity (Wildman–Crippen MR) is 580 cm³/mol. The van der Waals surface area contributed by atoms with Crippen molar-refractivity contribution in [2.45, 2.75) is 280 Å². The number of carbonyl (C=O) groups excluding carboxylic acids is 1. The molecule has 0 spiro atoms. The quantitative estimate of drug-likeness (QED) is 0.0146. The summed E-state index contributed by atoms with van der Waals surface area (Å²) >= 11 is 0. The van der Waals surface area contributed by atoms with E-state index in [1.54, 1.807) is 0 Å². The maximum absolute atomic E-state index is 14.2. The van der Waals surface area contributed by atoms with Crippen LogP contribution in [-0.4, -0.2) is 282 Å². The normalized spacial score (nSPS) is 26.5. The van der Waals surface area contributed by atoms with Crippen LogP contribution in [0, 0.1) is 29.6 Å². The minimum absolute atomic E-state index is 0.00421. The first kappa shape index (κ1) is 101. The number of quaternary nitrogens is 1. The number of aliphatic hydroxyl groups excluding tert-OH is 4. The fourth-order valence-corrected chi connectivity index (χ4v) is 26.6. The Morgan fingerprint density at radius 2 is 0.698 bits per heavy atom. The number of anilines is 5. The van der Waals surface area contributed by atoms with Crippen LogP contribution < -0.4 is 48.4 Å². The summed E-state index contributed by atoms with van der Waals surface area (Å²) < 4.78 is 36.6. The third kappa shape index (κ3) is 22.8. The van der Waals surface area contributed by atoms with Crippen LogP contribution in [0.4, 0.5) is 29.5 Å². The van der Waals surface area contributed by atoms with Gasteiger partial charge in [0.1, 0.15) is 42.2 Å². The highest BCUT2D eigenvalue weighted by atomic mass is 32.2. The van der Waals surface area contributed by atoms with Crippen LogP contribution in [0.15, 0.2) is 117 Å². The van der Waals surface area contributed by atoms with E-state index in [2.05, 4.69) is 108 Å². The van der Waals surface area contributed by atoms with E-state index in [1.165, 1.54) is 77.3 Å². The van der Waals surface area contributed by atoms with Crippen molar-refractivity contribution in [3.8, 4) is 0 Å². The van der Waals surface area contributed by atoms with Gasteiger partial charge in [-0.2, -0.15) is 24.6 Å². The van der Waals surface area contributed by atoms with Crippen LogP contribution in [0.3, 0.4) is 0 Å². The number of hydrogen-bond donors (Lipinski definition) is 9. The molecule has 8 aliphatic heterocycles. The summed E-state index contributed by atoms with van der Waals surface area (Å²) in [6.45, 7) is 18.3. The zero-order chi connectivity index (χ0) is 102. The molecule has 28 rings (SSSR count). The fraction of sp³-hybridized carbons (Fsp3) is 0.602. The summed E-state index contributed by atoms with van der Waals surface area (Å²) in [5.74, 6) is 5.35. The van der Waals surface area contributed by atoms with Gasteiger partial charge in [-0.15, -0.1) is 0 Å². The van der Waals surface area contributed by atoms with Crippen molar-refractivity contribution in [1.29, 1.82) is 0 Å². The Hall–Kier alpha value is -10.9. The molecule has 0 atom stereocenters. The molecule has 0 unspecified atom stereocenters. The monoisotopic (exact) mass is 2050 g/mol. The Morgan fingerprint density at radius 3 is 1.05 bits per heavy atom. The lowest BCUT2D eigenvalue weighted by Gasteiger charge is -2.33. The van der Waals surface area contributed by atoms with E-state index in [9.17, 15) is 58.0 Å². The summed E-state index contributed by atoms with van der Waals surface area (Å²) in [5, 5.41) is 74.6. The molecule has 4 aromatic carbocycles. The molecule has 35 nitrogen and oxygen atoms in total. The minimum Gasteiger partial charge on any atom is -0.466 e. The second kappa shape index (κ2) is 43.7. The Bertz CT molecular complexity index is 7310. The molecule has 12 aromatic rings. The molecule has 16 fully saturated rings. The average molecular weight is 2050 g/mol. The summed E-state index contributed by atoms with van der Waals surface area (Å²) in [7, 11) is -2.94. The summed E-state index contributed by atoms with van der Waals surface area (Å²) in [4.78, 5) is 118. The van der Waals surface area contributed by atoms with E-state index < -0.39 is 9.84 Å². The van der Waals surface area contributed by atoms with Gasteiger partial charge in [-0.25, -0.2) is 33.6 Å². The van der Waals surface area contributed by atoms with Crippen molar-refractivity contribution >= 4 is 133 Å². The highest BCUT2D eigenvalue weighted by Gasteiger charge is 2.42. The van der Waals surface area contributed by atoms with Gasteiger partial charge in [-0.3, -0.25) is 56.9 Å². The third-order valence-electron chi connectivity index (χ3n) is 35.2. The highest BCUT2D eigenvalue weighted by molar-refractivity contribution is 7.91. The lowest BCUT2D eigenvalue weighted by molar-refractivity contribution is -1.10. The number of benzene rings is 4. The smallest absolute Gasteiger partial charge is 0.309 e. The molecule has 4 bridgehead atoms. The van der Waals surface area contributed by atoms with Gasteiger partial charge in [0.25, 0.3) is 22.2 Å².